The zero-order valence-electron chi connectivity index (χ0n) is 15.0. The van der Waals surface area contributed by atoms with Crippen LogP contribution in [0.2, 0.25) is 10.0 Å². The van der Waals surface area contributed by atoms with Crippen LogP contribution in [0.5, 0.6) is 0 Å². The summed E-state index contributed by atoms with van der Waals surface area (Å²) in [7, 11) is 0. The van der Waals surface area contributed by atoms with Gasteiger partial charge in [0.2, 0.25) is 5.91 Å². The molecule has 0 radical (unpaired) electrons. The average molecular weight is 429 g/mol. The number of halogens is 3. The van der Waals surface area contributed by atoms with E-state index in [1.54, 1.807) is 54.6 Å². The zero-order chi connectivity index (χ0) is 20.5. The second-order valence-electron chi connectivity index (χ2n) is 6.68. The largest absolute Gasteiger partial charge is 0.324 e. The minimum Gasteiger partial charge on any atom is -0.324 e. The molecule has 3 aromatic carbocycles. The van der Waals surface area contributed by atoms with E-state index >= 15 is 0 Å². The maximum Gasteiger partial charge on any atom is 0.255 e. The van der Waals surface area contributed by atoms with Crippen molar-refractivity contribution in [2.75, 3.05) is 11.9 Å². The Morgan fingerprint density at radius 2 is 1.72 bits per heavy atom. The number of nitrogens with zero attached hydrogens (tertiary/aromatic N) is 1. The van der Waals surface area contributed by atoms with Gasteiger partial charge in [-0.05, 0) is 54.1 Å². The van der Waals surface area contributed by atoms with Gasteiger partial charge in [0.25, 0.3) is 5.91 Å². The topological polar surface area (TPSA) is 49.4 Å². The lowest BCUT2D eigenvalue weighted by Crippen LogP contribution is -2.39. The normalized spacial score (nSPS) is 16.0. The van der Waals surface area contributed by atoms with E-state index in [9.17, 15) is 14.0 Å². The summed E-state index contributed by atoms with van der Waals surface area (Å²) in [6.07, 6.45) is 0. The molecule has 0 saturated carbocycles. The maximum atomic E-state index is 13.5. The SMILES string of the molecule is O=C1CN(C(=O)c2cccc(Cl)c2)[C@@H](c2ccc(F)cc2)c2cc(Cl)ccc2N1. The lowest BCUT2D eigenvalue weighted by atomic mass is 9.95. The third-order valence-electron chi connectivity index (χ3n) is 4.73. The van der Waals surface area contributed by atoms with Crippen LogP contribution in [0.4, 0.5) is 10.1 Å². The van der Waals surface area contributed by atoms with E-state index in [2.05, 4.69) is 5.32 Å². The first-order valence-corrected chi connectivity index (χ1v) is 9.59. The van der Waals surface area contributed by atoms with Gasteiger partial charge < -0.3 is 10.2 Å². The molecule has 0 spiro atoms. The van der Waals surface area contributed by atoms with Gasteiger partial charge >= 0.3 is 0 Å². The summed E-state index contributed by atoms with van der Waals surface area (Å²) in [4.78, 5) is 27.4. The summed E-state index contributed by atoms with van der Waals surface area (Å²) in [6, 6.07) is 16.8. The zero-order valence-corrected chi connectivity index (χ0v) is 16.5. The van der Waals surface area contributed by atoms with Gasteiger partial charge in [0.05, 0.1) is 6.04 Å². The molecule has 4 nitrogen and oxygen atoms in total. The molecule has 2 amide bonds. The monoisotopic (exact) mass is 428 g/mol. The lowest BCUT2D eigenvalue weighted by Gasteiger charge is -2.30. The van der Waals surface area contributed by atoms with Crippen LogP contribution >= 0.6 is 23.2 Å². The predicted octanol–water partition coefficient (Wildman–Crippen LogP) is 5.32. The third-order valence-corrected chi connectivity index (χ3v) is 5.20. The molecule has 1 aliphatic rings. The van der Waals surface area contributed by atoms with Crippen LogP contribution in [-0.2, 0) is 4.79 Å². The number of rotatable bonds is 2. The van der Waals surface area contributed by atoms with Gasteiger partial charge in [0.1, 0.15) is 12.4 Å². The number of hydrogen-bond acceptors (Lipinski definition) is 2. The Morgan fingerprint density at radius 1 is 1.00 bits per heavy atom. The second-order valence-corrected chi connectivity index (χ2v) is 7.55. The summed E-state index contributed by atoms with van der Waals surface area (Å²) in [5.74, 6) is -1.10. The van der Waals surface area contributed by atoms with Crippen molar-refractivity contribution in [2.24, 2.45) is 0 Å². The molecule has 0 aromatic heterocycles. The Bertz CT molecular complexity index is 1100. The number of hydrogen-bond donors (Lipinski definition) is 1. The van der Waals surface area contributed by atoms with Crippen LogP contribution in [0.3, 0.4) is 0 Å². The highest BCUT2D eigenvalue weighted by Crippen LogP contribution is 2.38. The first-order chi connectivity index (χ1) is 13.9. The Morgan fingerprint density at radius 3 is 2.45 bits per heavy atom. The summed E-state index contributed by atoms with van der Waals surface area (Å²) in [5.41, 5.74) is 2.20. The maximum absolute atomic E-state index is 13.5. The molecule has 0 fully saturated rings. The van der Waals surface area contributed by atoms with Gasteiger partial charge in [-0.25, -0.2) is 4.39 Å². The van der Waals surface area contributed by atoms with E-state index in [1.807, 2.05) is 0 Å². The number of nitrogens with one attached hydrogen (secondary N) is 1. The molecule has 1 atom stereocenters. The summed E-state index contributed by atoms with van der Waals surface area (Å²) >= 11 is 12.3. The van der Waals surface area contributed by atoms with E-state index in [0.29, 0.717) is 32.4 Å². The fraction of sp³-hybridized carbons (Fsp3) is 0.0909. The van der Waals surface area contributed by atoms with Gasteiger partial charge in [0, 0.05) is 26.9 Å². The van der Waals surface area contributed by atoms with E-state index in [-0.39, 0.29) is 18.4 Å². The Kier molecular flexibility index (Phi) is 5.26. The quantitative estimate of drug-likeness (QED) is 0.600. The van der Waals surface area contributed by atoms with E-state index < -0.39 is 11.9 Å². The highest BCUT2D eigenvalue weighted by molar-refractivity contribution is 6.31. The highest BCUT2D eigenvalue weighted by Gasteiger charge is 2.34. The van der Waals surface area contributed by atoms with E-state index in [4.69, 9.17) is 23.2 Å². The van der Waals surface area contributed by atoms with Crippen LogP contribution in [0, 0.1) is 5.82 Å². The molecule has 1 aliphatic heterocycles. The van der Waals surface area contributed by atoms with Crippen molar-refractivity contribution in [3.63, 3.8) is 0 Å². The molecule has 7 heteroatoms. The standard InChI is InChI=1S/C22H15Cl2FN2O2/c23-15-3-1-2-14(10-15)22(29)27-12-20(28)26-19-9-6-16(24)11-18(19)21(27)13-4-7-17(25)8-5-13/h1-11,21H,12H2,(H,26,28)/t21-/m0/s1. The molecule has 3 aromatic rings. The lowest BCUT2D eigenvalue weighted by molar-refractivity contribution is -0.117. The number of carbonyl (C=O) groups is 2. The summed E-state index contributed by atoms with van der Waals surface area (Å²) in [5, 5.41) is 3.69. The molecular weight excluding hydrogens is 414 g/mol. The van der Waals surface area contributed by atoms with Gasteiger partial charge in [-0.1, -0.05) is 41.4 Å². The Hall–Kier alpha value is -2.89. The number of benzene rings is 3. The fourth-order valence-electron chi connectivity index (χ4n) is 3.46. The Labute approximate surface area is 176 Å². The molecule has 1 N–H and O–H groups in total. The van der Waals surface area contributed by atoms with Crippen molar-refractivity contribution in [3.8, 4) is 0 Å². The number of anilines is 1. The molecule has 0 aliphatic carbocycles. The molecule has 0 saturated heterocycles. The van der Waals surface area contributed by atoms with Gasteiger partial charge in [-0.2, -0.15) is 0 Å². The smallest absolute Gasteiger partial charge is 0.255 e. The molecule has 0 unspecified atom stereocenters. The van der Waals surface area contributed by atoms with Crippen LogP contribution in [0.25, 0.3) is 0 Å². The van der Waals surface area contributed by atoms with Crippen LogP contribution in [0.1, 0.15) is 27.5 Å². The van der Waals surface area contributed by atoms with Crippen molar-refractivity contribution in [3.05, 3.63) is 99.3 Å². The van der Waals surface area contributed by atoms with Gasteiger partial charge in [-0.3, -0.25) is 9.59 Å². The van der Waals surface area contributed by atoms with Crippen LogP contribution in [0.15, 0.2) is 66.7 Å². The second kappa shape index (κ2) is 7.85. The van der Waals surface area contributed by atoms with Gasteiger partial charge in [0.15, 0.2) is 0 Å². The first-order valence-electron chi connectivity index (χ1n) is 8.83. The van der Waals surface area contributed by atoms with Crippen molar-refractivity contribution in [1.82, 2.24) is 4.90 Å². The van der Waals surface area contributed by atoms with E-state index in [0.717, 1.165) is 0 Å². The molecule has 0 bridgehead atoms. The minimum atomic E-state index is -0.644. The summed E-state index contributed by atoms with van der Waals surface area (Å²) < 4.78 is 13.5. The summed E-state index contributed by atoms with van der Waals surface area (Å²) in [6.45, 7) is -0.181. The molecule has 1 heterocycles. The van der Waals surface area contributed by atoms with Crippen molar-refractivity contribution < 1.29 is 14.0 Å². The van der Waals surface area contributed by atoms with Crippen LogP contribution < -0.4 is 5.32 Å². The van der Waals surface area contributed by atoms with Crippen molar-refractivity contribution in [1.29, 1.82) is 0 Å². The number of fused-ring (bicyclic) bond motifs is 1. The first kappa shape index (κ1) is 19.4. The van der Waals surface area contributed by atoms with Gasteiger partial charge in [-0.15, -0.1) is 0 Å². The molecule has 4 rings (SSSR count). The van der Waals surface area contributed by atoms with Crippen molar-refractivity contribution in [2.45, 2.75) is 6.04 Å². The Balaban J connectivity index is 1.90. The molecular formula is C22H15Cl2FN2O2. The van der Waals surface area contributed by atoms with E-state index in [1.165, 1.54) is 17.0 Å². The minimum absolute atomic E-state index is 0.181. The predicted molar refractivity (Wildman–Crippen MR) is 111 cm³/mol. The average Bonchev–Trinajstić information content (AvgIpc) is 2.84. The van der Waals surface area contributed by atoms with Crippen LogP contribution in [-0.4, -0.2) is 23.3 Å². The highest BCUT2D eigenvalue weighted by atomic mass is 35.5. The number of carbonyl (C=O) groups excluding carboxylic acids is 2. The molecule has 29 heavy (non-hydrogen) atoms. The fourth-order valence-corrected chi connectivity index (χ4v) is 3.83. The number of amides is 2. The third kappa shape index (κ3) is 3.97. The van der Waals surface area contributed by atoms with Crippen molar-refractivity contribution >= 4 is 40.7 Å². The molecule has 146 valence electrons.